The van der Waals surface area contributed by atoms with Crippen molar-refractivity contribution in [2.24, 2.45) is 0 Å². The Bertz CT molecular complexity index is 353. The smallest absolute Gasteiger partial charge is 0.266 e. The van der Waals surface area contributed by atoms with Crippen molar-refractivity contribution in [3.8, 4) is 11.8 Å². The highest BCUT2D eigenvalue weighted by Gasteiger charge is 1.95. The highest BCUT2D eigenvalue weighted by atomic mass is 35.5. The van der Waals surface area contributed by atoms with Crippen molar-refractivity contribution in [1.29, 1.82) is 0 Å². The molecule has 0 aliphatic rings. The van der Waals surface area contributed by atoms with Crippen LogP contribution in [0.4, 0.5) is 0 Å². The summed E-state index contributed by atoms with van der Waals surface area (Å²) in [5.41, 5.74) is 0. The van der Waals surface area contributed by atoms with Crippen LogP contribution in [0, 0.1) is 11.8 Å². The van der Waals surface area contributed by atoms with Gasteiger partial charge in [-0.2, -0.15) is 0 Å². The number of hydrogen-bond acceptors (Lipinski definition) is 1. The van der Waals surface area contributed by atoms with Crippen LogP contribution in [0.1, 0.15) is 135 Å². The minimum Gasteiger partial charge on any atom is -0.266 e. The second-order valence-electron chi connectivity index (χ2n) is 7.69. The first-order valence-corrected chi connectivity index (χ1v) is 11.8. The van der Waals surface area contributed by atoms with Crippen LogP contribution in [-0.4, -0.2) is 5.24 Å². The number of halogens is 1. The van der Waals surface area contributed by atoms with Gasteiger partial charge in [0.25, 0.3) is 5.24 Å². The molecule has 0 saturated carbocycles. The molecule has 0 amide bonds. The molecule has 0 N–H and O–H groups in total. The van der Waals surface area contributed by atoms with Crippen molar-refractivity contribution in [1.82, 2.24) is 0 Å². The Balaban J connectivity index is 3.03. The number of carbonyl (C=O) groups is 1. The van der Waals surface area contributed by atoms with Crippen LogP contribution in [0.3, 0.4) is 0 Å². The average Bonchev–Trinajstić information content (AvgIpc) is 2.62. The lowest BCUT2D eigenvalue weighted by Crippen LogP contribution is -1.84. The fourth-order valence-corrected chi connectivity index (χ4v) is 3.49. The molecule has 152 valence electrons. The zero-order chi connectivity index (χ0) is 19.1. The largest absolute Gasteiger partial charge is 0.296 e. The van der Waals surface area contributed by atoms with Crippen molar-refractivity contribution in [3.05, 3.63) is 0 Å². The predicted octanol–water partition coefficient (Wildman–Crippen LogP) is 8.58. The first-order valence-electron chi connectivity index (χ1n) is 11.5. The maximum absolute atomic E-state index is 10.4. The molecular weight excluding hydrogens is 340 g/mol. The molecule has 0 aliphatic heterocycles. The van der Waals surface area contributed by atoms with E-state index >= 15 is 0 Å². The van der Waals surface area contributed by atoms with E-state index in [9.17, 15) is 4.79 Å². The summed E-state index contributed by atoms with van der Waals surface area (Å²) in [5, 5.41) is -0.539. The van der Waals surface area contributed by atoms with Gasteiger partial charge in [0.1, 0.15) is 0 Å². The van der Waals surface area contributed by atoms with Crippen molar-refractivity contribution in [2.45, 2.75) is 135 Å². The number of unbranched alkanes of at least 4 members (excludes halogenated alkanes) is 19. The molecule has 0 atom stereocenters. The fraction of sp³-hybridized carbons (Fsp3) is 0.875. The Morgan fingerprint density at radius 1 is 0.577 bits per heavy atom. The zero-order valence-corrected chi connectivity index (χ0v) is 18.2. The maximum Gasteiger partial charge on any atom is 0.296 e. The van der Waals surface area contributed by atoms with Gasteiger partial charge in [-0.3, -0.25) is 4.79 Å². The molecule has 0 saturated heterocycles. The Hall–Kier alpha value is -0.480. The van der Waals surface area contributed by atoms with Gasteiger partial charge in [-0.05, 0) is 23.9 Å². The first-order chi connectivity index (χ1) is 12.8. The minimum absolute atomic E-state index is 0.539. The van der Waals surface area contributed by atoms with E-state index in [0.717, 1.165) is 12.8 Å². The van der Waals surface area contributed by atoms with Gasteiger partial charge in [0, 0.05) is 6.42 Å². The van der Waals surface area contributed by atoms with Gasteiger partial charge in [0.2, 0.25) is 0 Å². The highest BCUT2D eigenvalue weighted by molar-refractivity contribution is 6.68. The molecule has 0 aliphatic carbocycles. The summed E-state index contributed by atoms with van der Waals surface area (Å²) in [6.07, 6.45) is 27.2. The van der Waals surface area contributed by atoms with Crippen LogP contribution in [-0.2, 0) is 4.79 Å². The third-order valence-electron chi connectivity index (χ3n) is 5.09. The first kappa shape index (κ1) is 25.5. The van der Waals surface area contributed by atoms with E-state index in [1.807, 2.05) is 0 Å². The van der Waals surface area contributed by atoms with Crippen LogP contribution in [0.2, 0.25) is 0 Å². The summed E-state index contributed by atoms with van der Waals surface area (Å²) in [6, 6.07) is 0. The van der Waals surface area contributed by atoms with Crippen LogP contribution in [0.5, 0.6) is 0 Å². The lowest BCUT2D eigenvalue weighted by Gasteiger charge is -2.03. The summed E-state index contributed by atoms with van der Waals surface area (Å²) in [6.45, 7) is 2.29. The Morgan fingerprint density at radius 3 is 1.19 bits per heavy atom. The molecule has 0 unspecified atom stereocenters. The van der Waals surface area contributed by atoms with Crippen molar-refractivity contribution >= 4 is 16.8 Å². The normalized spacial score (nSPS) is 10.5. The van der Waals surface area contributed by atoms with E-state index < -0.39 is 5.24 Å². The van der Waals surface area contributed by atoms with Crippen LogP contribution in [0.15, 0.2) is 0 Å². The zero-order valence-electron chi connectivity index (χ0n) is 17.4. The monoisotopic (exact) mass is 382 g/mol. The Morgan fingerprint density at radius 2 is 0.885 bits per heavy atom. The molecular formula is C24H43ClO. The molecule has 0 heterocycles. The lowest BCUT2D eigenvalue weighted by atomic mass is 10.0. The quantitative estimate of drug-likeness (QED) is 0.124. The topological polar surface area (TPSA) is 17.1 Å². The van der Waals surface area contributed by atoms with Gasteiger partial charge in [0.15, 0.2) is 0 Å². The number of hydrogen-bond donors (Lipinski definition) is 0. The number of rotatable bonds is 19. The van der Waals surface area contributed by atoms with Gasteiger partial charge in [-0.15, -0.1) is 0 Å². The Labute approximate surface area is 169 Å². The summed E-state index contributed by atoms with van der Waals surface area (Å²) < 4.78 is 0. The lowest BCUT2D eigenvalue weighted by molar-refractivity contribution is -0.107. The molecule has 0 fully saturated rings. The second kappa shape index (κ2) is 22.6. The van der Waals surface area contributed by atoms with Gasteiger partial charge >= 0.3 is 0 Å². The molecule has 0 rings (SSSR count). The molecule has 26 heavy (non-hydrogen) atoms. The Kier molecular flexibility index (Phi) is 22.1. The number of carbonyl (C=O) groups excluding carboxylic acids is 1. The minimum atomic E-state index is -0.539. The summed E-state index contributed by atoms with van der Waals surface area (Å²) in [4.78, 5) is 10.4. The van der Waals surface area contributed by atoms with Crippen LogP contribution in [0.25, 0.3) is 0 Å². The van der Waals surface area contributed by atoms with Gasteiger partial charge in [-0.25, -0.2) is 0 Å². The van der Waals surface area contributed by atoms with E-state index in [-0.39, 0.29) is 0 Å². The van der Waals surface area contributed by atoms with Crippen LogP contribution < -0.4 is 0 Å². The average molecular weight is 383 g/mol. The van der Waals surface area contributed by atoms with Gasteiger partial charge in [-0.1, -0.05) is 128 Å². The summed E-state index contributed by atoms with van der Waals surface area (Å²) in [5.74, 6) is 5.19. The molecule has 0 spiro atoms. The van der Waals surface area contributed by atoms with E-state index in [1.54, 1.807) is 0 Å². The molecule has 2 heteroatoms. The maximum atomic E-state index is 10.4. The fourth-order valence-electron chi connectivity index (χ4n) is 3.42. The SMILES string of the molecule is CCCCCCCCCCCCCCCCCCCCCC#CC(=O)Cl. The van der Waals surface area contributed by atoms with Gasteiger partial charge in [0.05, 0.1) is 0 Å². The van der Waals surface area contributed by atoms with Crippen molar-refractivity contribution in [3.63, 3.8) is 0 Å². The second-order valence-corrected chi connectivity index (χ2v) is 8.03. The molecule has 1 nitrogen and oxygen atoms in total. The van der Waals surface area contributed by atoms with Crippen LogP contribution >= 0.6 is 11.6 Å². The van der Waals surface area contributed by atoms with E-state index in [4.69, 9.17) is 11.6 Å². The van der Waals surface area contributed by atoms with E-state index in [2.05, 4.69) is 18.8 Å². The molecule has 0 radical (unpaired) electrons. The van der Waals surface area contributed by atoms with Gasteiger partial charge < -0.3 is 0 Å². The van der Waals surface area contributed by atoms with E-state index in [0.29, 0.717) is 0 Å². The van der Waals surface area contributed by atoms with E-state index in [1.165, 1.54) is 116 Å². The molecule has 0 aromatic carbocycles. The standard InChI is InChI=1S/C24H43ClO/c1-2-3-4-5-6-7-8-9-10-11-12-13-14-15-16-17-18-19-20-21-22-23-24(25)26/h2-21H2,1H3. The summed E-state index contributed by atoms with van der Waals surface area (Å²) >= 11 is 5.16. The molecule has 0 aromatic rings. The predicted molar refractivity (Wildman–Crippen MR) is 117 cm³/mol. The highest BCUT2D eigenvalue weighted by Crippen LogP contribution is 2.14. The molecule has 0 aromatic heterocycles. The third kappa shape index (κ3) is 23.5. The van der Waals surface area contributed by atoms with Crippen molar-refractivity contribution < 1.29 is 4.79 Å². The summed E-state index contributed by atoms with van der Waals surface area (Å²) in [7, 11) is 0. The third-order valence-corrected chi connectivity index (χ3v) is 5.19. The van der Waals surface area contributed by atoms with Crippen molar-refractivity contribution in [2.75, 3.05) is 0 Å². The molecule has 0 bridgehead atoms.